The van der Waals surface area contributed by atoms with Gasteiger partial charge in [0.15, 0.2) is 5.16 Å². The van der Waals surface area contributed by atoms with Gasteiger partial charge in [-0.05, 0) is 63.9 Å². The van der Waals surface area contributed by atoms with Crippen molar-refractivity contribution in [2.24, 2.45) is 0 Å². The van der Waals surface area contributed by atoms with E-state index in [1.807, 2.05) is 71.0 Å². The van der Waals surface area contributed by atoms with Gasteiger partial charge in [-0.15, -0.1) is 0 Å². The Bertz CT molecular complexity index is 1090. The normalized spacial score (nSPS) is 12.4. The Morgan fingerprint density at radius 2 is 1.82 bits per heavy atom. The van der Waals surface area contributed by atoms with Crippen LogP contribution >= 0.6 is 11.8 Å². The third-order valence-corrected chi connectivity index (χ3v) is 5.66. The number of thioether (sulfide) groups is 1. The molecule has 0 bridgehead atoms. The molecule has 0 fully saturated rings. The fourth-order valence-corrected chi connectivity index (χ4v) is 4.02. The summed E-state index contributed by atoms with van der Waals surface area (Å²) in [5.41, 5.74) is 3.48. The predicted molar refractivity (Wildman–Crippen MR) is 116 cm³/mol. The van der Waals surface area contributed by atoms with Crippen molar-refractivity contribution in [3.05, 3.63) is 63.9 Å². The van der Waals surface area contributed by atoms with Crippen molar-refractivity contribution in [3.8, 4) is 0 Å². The number of nitrogens with zero attached hydrogens (tertiary/aromatic N) is 2. The van der Waals surface area contributed by atoms with Gasteiger partial charge < -0.3 is 5.32 Å². The van der Waals surface area contributed by atoms with Crippen molar-refractivity contribution in [2.75, 3.05) is 5.32 Å². The standard InChI is InChI=1S/C22H25N3O2S/c1-13(2)25-21(27)17-8-6-7-9-18(17)24-22(25)28-16(5)20(26)23-19-12-14(3)10-11-15(19)4/h6-13,16H,1-5H3,(H,23,26)/t16-/m1/s1. The third-order valence-electron chi connectivity index (χ3n) is 4.59. The number of rotatable bonds is 5. The Morgan fingerprint density at radius 3 is 2.54 bits per heavy atom. The minimum absolute atomic E-state index is 0.0543. The van der Waals surface area contributed by atoms with Gasteiger partial charge in [-0.1, -0.05) is 36.0 Å². The van der Waals surface area contributed by atoms with Crippen LogP contribution in [0, 0.1) is 13.8 Å². The van der Waals surface area contributed by atoms with Crippen molar-refractivity contribution in [3.63, 3.8) is 0 Å². The van der Waals surface area contributed by atoms with E-state index < -0.39 is 5.25 Å². The number of carbonyl (C=O) groups excluding carboxylic acids is 1. The van der Waals surface area contributed by atoms with Crippen LogP contribution < -0.4 is 10.9 Å². The average Bonchev–Trinajstić information content (AvgIpc) is 2.64. The summed E-state index contributed by atoms with van der Waals surface area (Å²) in [4.78, 5) is 30.4. The van der Waals surface area contributed by atoms with E-state index in [0.29, 0.717) is 16.1 Å². The number of benzene rings is 2. The van der Waals surface area contributed by atoms with Crippen molar-refractivity contribution in [1.29, 1.82) is 0 Å². The summed E-state index contributed by atoms with van der Waals surface area (Å²) < 4.78 is 1.66. The van der Waals surface area contributed by atoms with Crippen LogP contribution in [0.25, 0.3) is 10.9 Å². The second-order valence-corrected chi connectivity index (χ2v) is 8.56. The van der Waals surface area contributed by atoms with E-state index >= 15 is 0 Å². The van der Waals surface area contributed by atoms with Gasteiger partial charge in [0.05, 0.1) is 16.2 Å². The van der Waals surface area contributed by atoms with Gasteiger partial charge in [-0.2, -0.15) is 0 Å². The van der Waals surface area contributed by atoms with Gasteiger partial charge in [0.1, 0.15) is 0 Å². The maximum atomic E-state index is 12.9. The minimum Gasteiger partial charge on any atom is -0.325 e. The zero-order chi connectivity index (χ0) is 20.4. The Labute approximate surface area is 169 Å². The van der Waals surface area contributed by atoms with Gasteiger partial charge >= 0.3 is 0 Å². The number of aromatic nitrogens is 2. The quantitative estimate of drug-likeness (QED) is 0.502. The SMILES string of the molecule is Cc1ccc(C)c(NC(=O)[C@@H](C)Sc2nc3ccccc3c(=O)n2C(C)C)c1. The number of aryl methyl sites for hydroxylation is 2. The molecule has 0 spiro atoms. The molecule has 0 aliphatic carbocycles. The van der Waals surface area contributed by atoms with Crippen LogP contribution in [0.1, 0.15) is 37.9 Å². The Morgan fingerprint density at radius 1 is 1.11 bits per heavy atom. The van der Waals surface area contributed by atoms with Crippen molar-refractivity contribution in [2.45, 2.75) is 51.1 Å². The molecular formula is C22H25N3O2S. The summed E-state index contributed by atoms with van der Waals surface area (Å²) in [7, 11) is 0. The van der Waals surface area contributed by atoms with Crippen molar-refractivity contribution in [1.82, 2.24) is 9.55 Å². The molecule has 6 heteroatoms. The Hall–Kier alpha value is -2.60. The van der Waals surface area contributed by atoms with Gasteiger partial charge in [-0.3, -0.25) is 14.2 Å². The van der Waals surface area contributed by atoms with Crippen LogP contribution in [0.5, 0.6) is 0 Å². The first-order valence-electron chi connectivity index (χ1n) is 9.34. The van der Waals surface area contributed by atoms with Gasteiger partial charge in [0.2, 0.25) is 5.91 Å². The molecule has 28 heavy (non-hydrogen) atoms. The summed E-state index contributed by atoms with van der Waals surface area (Å²) in [6.07, 6.45) is 0. The third kappa shape index (κ3) is 4.12. The highest BCUT2D eigenvalue weighted by Gasteiger charge is 2.21. The molecule has 0 unspecified atom stereocenters. The number of hydrogen-bond acceptors (Lipinski definition) is 4. The molecule has 1 N–H and O–H groups in total. The highest BCUT2D eigenvalue weighted by atomic mass is 32.2. The molecule has 1 amide bonds. The first-order valence-corrected chi connectivity index (χ1v) is 10.2. The van der Waals surface area contributed by atoms with E-state index in [-0.39, 0.29) is 17.5 Å². The molecule has 0 saturated heterocycles. The van der Waals surface area contributed by atoms with E-state index in [4.69, 9.17) is 0 Å². The average molecular weight is 396 g/mol. The summed E-state index contributed by atoms with van der Waals surface area (Å²) in [5, 5.41) is 3.74. The lowest BCUT2D eigenvalue weighted by Crippen LogP contribution is -2.28. The van der Waals surface area contributed by atoms with Crippen LogP contribution in [0.2, 0.25) is 0 Å². The van der Waals surface area contributed by atoms with E-state index in [1.54, 1.807) is 10.6 Å². The second-order valence-electron chi connectivity index (χ2n) is 7.25. The lowest BCUT2D eigenvalue weighted by Gasteiger charge is -2.19. The lowest BCUT2D eigenvalue weighted by molar-refractivity contribution is -0.115. The molecule has 0 aliphatic heterocycles. The molecule has 1 atom stereocenters. The molecule has 0 radical (unpaired) electrons. The zero-order valence-electron chi connectivity index (χ0n) is 16.8. The fourth-order valence-electron chi connectivity index (χ4n) is 2.98. The van der Waals surface area contributed by atoms with E-state index in [2.05, 4.69) is 10.3 Å². The van der Waals surface area contributed by atoms with E-state index in [9.17, 15) is 9.59 Å². The molecule has 1 heterocycles. The molecule has 3 rings (SSSR count). The van der Waals surface area contributed by atoms with Crippen LogP contribution in [-0.4, -0.2) is 20.7 Å². The summed E-state index contributed by atoms with van der Waals surface area (Å²) in [6, 6.07) is 13.2. The van der Waals surface area contributed by atoms with Gasteiger partial charge in [-0.25, -0.2) is 4.98 Å². The Balaban J connectivity index is 1.91. The molecule has 5 nitrogen and oxygen atoms in total. The van der Waals surface area contributed by atoms with Gasteiger partial charge in [0, 0.05) is 11.7 Å². The molecule has 2 aromatic carbocycles. The monoisotopic (exact) mass is 395 g/mol. The smallest absolute Gasteiger partial charge is 0.262 e. The maximum Gasteiger partial charge on any atom is 0.262 e. The number of hydrogen-bond donors (Lipinski definition) is 1. The van der Waals surface area contributed by atoms with Crippen LogP contribution in [0.3, 0.4) is 0 Å². The van der Waals surface area contributed by atoms with E-state index in [0.717, 1.165) is 16.8 Å². The number of fused-ring (bicyclic) bond motifs is 1. The number of anilines is 1. The van der Waals surface area contributed by atoms with Crippen LogP contribution in [0.15, 0.2) is 52.4 Å². The Kier molecular flexibility index (Phi) is 5.89. The molecule has 0 aliphatic rings. The van der Waals surface area contributed by atoms with E-state index in [1.165, 1.54) is 11.8 Å². The van der Waals surface area contributed by atoms with Crippen molar-refractivity contribution >= 4 is 34.3 Å². The first kappa shape index (κ1) is 20.1. The molecule has 1 aromatic heterocycles. The maximum absolute atomic E-state index is 12.9. The highest BCUT2D eigenvalue weighted by Crippen LogP contribution is 2.26. The summed E-state index contributed by atoms with van der Waals surface area (Å²) >= 11 is 1.30. The topological polar surface area (TPSA) is 64.0 Å². The minimum atomic E-state index is -0.405. The second kappa shape index (κ2) is 8.19. The van der Waals surface area contributed by atoms with Gasteiger partial charge in [0.25, 0.3) is 5.56 Å². The number of nitrogens with one attached hydrogen (secondary N) is 1. The largest absolute Gasteiger partial charge is 0.325 e. The van der Waals surface area contributed by atoms with Crippen LogP contribution in [-0.2, 0) is 4.79 Å². The number of para-hydroxylation sites is 1. The number of amides is 1. The summed E-state index contributed by atoms with van der Waals surface area (Å²) in [6.45, 7) is 9.68. The summed E-state index contributed by atoms with van der Waals surface area (Å²) in [5.74, 6) is -0.114. The molecule has 0 saturated carbocycles. The first-order chi connectivity index (χ1) is 13.3. The van der Waals surface area contributed by atoms with Crippen molar-refractivity contribution < 1.29 is 4.79 Å². The zero-order valence-corrected chi connectivity index (χ0v) is 17.6. The number of carbonyl (C=O) groups is 1. The van der Waals surface area contributed by atoms with Crippen LogP contribution in [0.4, 0.5) is 5.69 Å². The lowest BCUT2D eigenvalue weighted by atomic mass is 10.1. The molecule has 3 aromatic rings. The molecule has 146 valence electrons. The predicted octanol–water partition coefficient (Wildman–Crippen LogP) is 4.71. The fraction of sp³-hybridized carbons (Fsp3) is 0.318. The molecular weight excluding hydrogens is 370 g/mol. The highest BCUT2D eigenvalue weighted by molar-refractivity contribution is 8.00.